The number of thiazole rings is 1. The van der Waals surface area contributed by atoms with Crippen LogP contribution in [0, 0.1) is 0 Å². The van der Waals surface area contributed by atoms with E-state index in [0.717, 1.165) is 56.5 Å². The van der Waals surface area contributed by atoms with E-state index in [9.17, 15) is 9.59 Å². The molecule has 1 aromatic heterocycles. The van der Waals surface area contributed by atoms with E-state index >= 15 is 0 Å². The minimum Gasteiger partial charge on any atom is -0.331 e. The molecule has 2 saturated heterocycles. The van der Waals surface area contributed by atoms with Gasteiger partial charge in [-0.2, -0.15) is 0 Å². The average Bonchev–Trinajstić information content (AvgIpc) is 3.32. The van der Waals surface area contributed by atoms with Crippen LogP contribution in [0.5, 0.6) is 0 Å². The van der Waals surface area contributed by atoms with Gasteiger partial charge in [0.1, 0.15) is 6.54 Å². The van der Waals surface area contributed by atoms with Crippen molar-refractivity contribution in [3.63, 3.8) is 0 Å². The fraction of sp³-hybridized carbons (Fsp3) is 0.450. The summed E-state index contributed by atoms with van der Waals surface area (Å²) in [4.78, 5) is 34.2. The Balaban J connectivity index is 1.27. The van der Waals surface area contributed by atoms with Gasteiger partial charge < -0.3 is 9.80 Å². The third kappa shape index (κ3) is 4.36. The van der Waals surface area contributed by atoms with Crippen LogP contribution in [0.4, 0.5) is 5.13 Å². The van der Waals surface area contributed by atoms with Crippen molar-refractivity contribution in [2.45, 2.75) is 25.8 Å². The Bertz CT molecular complexity index is 799. The molecule has 3 heterocycles. The summed E-state index contributed by atoms with van der Waals surface area (Å²) in [5.74, 6) is 0.276. The number of rotatable bonds is 5. The van der Waals surface area contributed by atoms with E-state index in [1.54, 1.807) is 4.90 Å². The van der Waals surface area contributed by atoms with Crippen LogP contribution < -0.4 is 9.80 Å². The molecular weight excluding hydrogens is 360 g/mol. The van der Waals surface area contributed by atoms with Gasteiger partial charge in [0, 0.05) is 23.9 Å². The summed E-state index contributed by atoms with van der Waals surface area (Å²) in [6, 6.07) is 10.5. The van der Waals surface area contributed by atoms with Crippen molar-refractivity contribution in [3.8, 4) is 0 Å². The Hall–Kier alpha value is -2.25. The molecule has 142 valence electrons. The van der Waals surface area contributed by atoms with Crippen LogP contribution >= 0.6 is 11.3 Å². The molecule has 0 unspecified atom stereocenters. The van der Waals surface area contributed by atoms with Gasteiger partial charge >= 0.3 is 0 Å². The lowest BCUT2D eigenvalue weighted by Crippen LogP contribution is -3.13. The molecule has 2 aliphatic rings. The Kier molecular flexibility index (Phi) is 5.50. The quantitative estimate of drug-likeness (QED) is 0.826. The van der Waals surface area contributed by atoms with Gasteiger partial charge in [-0.3, -0.25) is 14.5 Å². The zero-order valence-corrected chi connectivity index (χ0v) is 16.2. The van der Waals surface area contributed by atoms with Crippen molar-refractivity contribution in [2.75, 3.05) is 37.6 Å². The van der Waals surface area contributed by atoms with Gasteiger partial charge in [-0.05, 0) is 6.42 Å². The van der Waals surface area contributed by atoms with E-state index in [-0.39, 0.29) is 11.8 Å². The number of amides is 2. The maximum atomic E-state index is 12.6. The fourth-order valence-corrected chi connectivity index (χ4v) is 4.62. The topological polar surface area (TPSA) is 58.0 Å². The minimum atomic E-state index is 0.137. The number of hydrogen-bond acceptors (Lipinski definition) is 4. The highest BCUT2D eigenvalue weighted by molar-refractivity contribution is 7.14. The first-order valence-corrected chi connectivity index (χ1v) is 10.5. The molecule has 1 N–H and O–H groups in total. The predicted molar refractivity (Wildman–Crippen MR) is 105 cm³/mol. The lowest BCUT2D eigenvalue weighted by Gasteiger charge is -2.32. The van der Waals surface area contributed by atoms with E-state index in [1.165, 1.54) is 21.8 Å². The molecule has 0 radical (unpaired) electrons. The van der Waals surface area contributed by atoms with Crippen molar-refractivity contribution >= 4 is 28.3 Å². The molecule has 1 aromatic carbocycles. The summed E-state index contributed by atoms with van der Waals surface area (Å²) < 4.78 is 0. The first-order chi connectivity index (χ1) is 13.2. The number of nitrogens with one attached hydrogen (secondary N) is 1. The maximum Gasteiger partial charge on any atom is 0.229 e. The molecule has 6 nitrogen and oxygen atoms in total. The number of piperazine rings is 1. The summed E-state index contributed by atoms with van der Waals surface area (Å²) in [6.45, 7) is 5.30. The van der Waals surface area contributed by atoms with E-state index in [2.05, 4.69) is 29.2 Å². The van der Waals surface area contributed by atoms with Gasteiger partial charge in [-0.15, -0.1) is 11.3 Å². The van der Waals surface area contributed by atoms with Crippen LogP contribution in [-0.2, 0) is 22.6 Å². The molecule has 7 heteroatoms. The number of hydrogen-bond donors (Lipinski definition) is 1. The van der Waals surface area contributed by atoms with Crippen molar-refractivity contribution < 1.29 is 14.5 Å². The number of carbonyl (C=O) groups is 2. The Morgan fingerprint density at radius 3 is 2.63 bits per heavy atom. The molecule has 2 fully saturated rings. The van der Waals surface area contributed by atoms with Crippen molar-refractivity contribution in [2.24, 2.45) is 0 Å². The Morgan fingerprint density at radius 1 is 1.15 bits per heavy atom. The van der Waals surface area contributed by atoms with E-state index in [0.29, 0.717) is 12.8 Å². The molecule has 2 aliphatic heterocycles. The number of benzene rings is 1. The molecule has 0 atom stereocenters. The Labute approximate surface area is 163 Å². The molecular formula is C20H25N4O2S+. The second kappa shape index (κ2) is 8.19. The summed E-state index contributed by atoms with van der Waals surface area (Å²) in [5, 5.41) is 2.65. The zero-order chi connectivity index (χ0) is 18.6. The first-order valence-electron chi connectivity index (χ1n) is 9.59. The maximum absolute atomic E-state index is 12.6. The second-order valence-electron chi connectivity index (χ2n) is 7.24. The Morgan fingerprint density at radius 2 is 1.93 bits per heavy atom. The summed E-state index contributed by atoms with van der Waals surface area (Å²) >= 11 is 1.46. The minimum absolute atomic E-state index is 0.137. The molecule has 0 aliphatic carbocycles. The van der Waals surface area contributed by atoms with Gasteiger partial charge in [-0.25, -0.2) is 4.98 Å². The summed E-state index contributed by atoms with van der Waals surface area (Å²) in [7, 11) is 0. The highest BCUT2D eigenvalue weighted by atomic mass is 32.1. The standard InChI is InChI=1S/C20H24N4O2S/c25-18-7-4-8-24(18)20-21-17(15-27-20)13-19(26)23-11-9-22(10-12-23)14-16-5-2-1-3-6-16/h1-3,5-6,15H,4,7-14H2/p+1. The molecule has 2 amide bonds. The second-order valence-corrected chi connectivity index (χ2v) is 8.08. The fourth-order valence-electron chi connectivity index (χ4n) is 3.75. The third-order valence-corrected chi connectivity index (χ3v) is 6.21. The van der Waals surface area contributed by atoms with Gasteiger partial charge in [0.25, 0.3) is 0 Å². The summed E-state index contributed by atoms with van der Waals surface area (Å²) in [6.07, 6.45) is 1.82. The summed E-state index contributed by atoms with van der Waals surface area (Å²) in [5.41, 5.74) is 2.12. The SMILES string of the molecule is O=C(Cc1csc(N2CCCC2=O)n1)N1CC[NH+](Cc2ccccc2)CC1. The number of nitrogens with zero attached hydrogens (tertiary/aromatic N) is 3. The highest BCUT2D eigenvalue weighted by Crippen LogP contribution is 2.25. The largest absolute Gasteiger partial charge is 0.331 e. The van der Waals surface area contributed by atoms with Crippen molar-refractivity contribution in [1.29, 1.82) is 0 Å². The van der Waals surface area contributed by atoms with Gasteiger partial charge in [0.2, 0.25) is 11.8 Å². The smallest absolute Gasteiger partial charge is 0.229 e. The van der Waals surface area contributed by atoms with Crippen LogP contribution in [0.15, 0.2) is 35.7 Å². The van der Waals surface area contributed by atoms with E-state index in [4.69, 9.17) is 0 Å². The monoisotopic (exact) mass is 385 g/mol. The van der Waals surface area contributed by atoms with Crippen LogP contribution in [0.3, 0.4) is 0 Å². The van der Waals surface area contributed by atoms with Crippen LogP contribution in [0.25, 0.3) is 0 Å². The van der Waals surface area contributed by atoms with Crippen LogP contribution in [0.2, 0.25) is 0 Å². The lowest BCUT2D eigenvalue weighted by atomic mass is 10.2. The van der Waals surface area contributed by atoms with E-state index in [1.807, 2.05) is 16.3 Å². The molecule has 0 spiro atoms. The van der Waals surface area contributed by atoms with Gasteiger partial charge in [0.05, 0.1) is 38.3 Å². The molecule has 0 saturated carbocycles. The predicted octanol–water partition coefficient (Wildman–Crippen LogP) is 0.740. The van der Waals surface area contributed by atoms with Crippen LogP contribution in [0.1, 0.15) is 24.1 Å². The molecule has 4 rings (SSSR count). The molecule has 0 bridgehead atoms. The third-order valence-electron chi connectivity index (χ3n) is 5.30. The number of aromatic nitrogens is 1. The first kappa shape index (κ1) is 18.1. The number of carbonyl (C=O) groups excluding carboxylic acids is 2. The average molecular weight is 386 g/mol. The van der Waals surface area contributed by atoms with E-state index < -0.39 is 0 Å². The van der Waals surface area contributed by atoms with Crippen molar-refractivity contribution in [3.05, 3.63) is 47.0 Å². The normalized spacial score (nSPS) is 18.3. The van der Waals surface area contributed by atoms with Crippen molar-refractivity contribution in [1.82, 2.24) is 9.88 Å². The van der Waals surface area contributed by atoms with Gasteiger partial charge in [0.15, 0.2) is 5.13 Å². The van der Waals surface area contributed by atoms with Gasteiger partial charge in [-0.1, -0.05) is 30.3 Å². The molecule has 2 aromatic rings. The number of anilines is 1. The zero-order valence-electron chi connectivity index (χ0n) is 15.4. The molecule has 27 heavy (non-hydrogen) atoms. The number of quaternary nitrogens is 1. The lowest BCUT2D eigenvalue weighted by molar-refractivity contribution is -0.917. The van der Waals surface area contributed by atoms with Crippen LogP contribution in [-0.4, -0.2) is 54.4 Å². The highest BCUT2D eigenvalue weighted by Gasteiger charge is 2.26.